The lowest BCUT2D eigenvalue weighted by Crippen LogP contribution is -2.50. The number of ether oxygens (including phenoxy) is 1. The minimum Gasteiger partial charge on any atom is -0.494 e. The van der Waals surface area contributed by atoms with Gasteiger partial charge in [-0.15, -0.1) is 0 Å². The van der Waals surface area contributed by atoms with Crippen LogP contribution in [0.15, 0.2) is 12.1 Å². The summed E-state index contributed by atoms with van der Waals surface area (Å²) in [5, 5.41) is 3.49. The highest BCUT2D eigenvalue weighted by Gasteiger charge is 2.26. The molecule has 1 aliphatic carbocycles. The molecule has 1 aromatic carbocycles. The molecule has 0 bridgehead atoms. The smallest absolute Gasteiger partial charge is 0.124 e. The molecule has 0 unspecified atom stereocenters. The molecular formula is C20H31N3O. The van der Waals surface area contributed by atoms with E-state index in [1.54, 1.807) is 5.56 Å². The quantitative estimate of drug-likeness (QED) is 0.895. The molecule has 4 nitrogen and oxygen atoms in total. The Morgan fingerprint density at radius 2 is 1.92 bits per heavy atom. The Balaban J connectivity index is 1.40. The monoisotopic (exact) mass is 329 g/mol. The van der Waals surface area contributed by atoms with Crippen LogP contribution in [-0.2, 0) is 19.4 Å². The lowest BCUT2D eigenvalue weighted by molar-refractivity contribution is 0.0974. The van der Waals surface area contributed by atoms with Crippen LogP contribution in [0.4, 0.5) is 0 Å². The maximum absolute atomic E-state index is 5.96. The number of hydrogen-bond donors (Lipinski definition) is 1. The van der Waals surface area contributed by atoms with E-state index in [0.717, 1.165) is 24.9 Å². The molecular weight excluding hydrogens is 298 g/mol. The van der Waals surface area contributed by atoms with Gasteiger partial charge in [-0.25, -0.2) is 0 Å². The Morgan fingerprint density at radius 3 is 2.62 bits per heavy atom. The van der Waals surface area contributed by atoms with E-state index < -0.39 is 0 Å². The van der Waals surface area contributed by atoms with Crippen molar-refractivity contribution in [3.63, 3.8) is 0 Å². The zero-order chi connectivity index (χ0) is 16.4. The van der Waals surface area contributed by atoms with Crippen molar-refractivity contribution in [2.75, 3.05) is 45.9 Å². The third-order valence-electron chi connectivity index (χ3n) is 5.93. The average molecular weight is 329 g/mol. The molecule has 2 fully saturated rings. The minimum absolute atomic E-state index is 0.758. The molecule has 0 saturated carbocycles. The molecule has 0 amide bonds. The van der Waals surface area contributed by atoms with E-state index in [4.69, 9.17) is 4.74 Å². The summed E-state index contributed by atoms with van der Waals surface area (Å²) in [6.45, 7) is 11.0. The van der Waals surface area contributed by atoms with Crippen LogP contribution >= 0.6 is 0 Å². The number of benzene rings is 1. The van der Waals surface area contributed by atoms with Crippen molar-refractivity contribution in [2.24, 2.45) is 0 Å². The van der Waals surface area contributed by atoms with Gasteiger partial charge < -0.3 is 10.1 Å². The summed E-state index contributed by atoms with van der Waals surface area (Å²) in [5.41, 5.74) is 4.47. The van der Waals surface area contributed by atoms with E-state index in [-0.39, 0.29) is 0 Å². The number of nitrogens with zero attached hydrogens (tertiary/aromatic N) is 2. The fourth-order valence-corrected chi connectivity index (χ4v) is 4.54. The largest absolute Gasteiger partial charge is 0.494 e. The van der Waals surface area contributed by atoms with Gasteiger partial charge in [0.1, 0.15) is 5.75 Å². The molecule has 2 heterocycles. The van der Waals surface area contributed by atoms with Gasteiger partial charge in [0.15, 0.2) is 0 Å². The summed E-state index contributed by atoms with van der Waals surface area (Å²) in [6, 6.07) is 5.52. The molecule has 4 heteroatoms. The number of nitrogens with one attached hydrogen (secondary N) is 1. The Labute approximate surface area is 146 Å². The van der Waals surface area contributed by atoms with Gasteiger partial charge >= 0.3 is 0 Å². The standard InChI is InChI=1S/C20H31N3O/c1-2-24-20-13-17-5-3-4-16(17)12-18(20)15-22-8-10-23(11-9-22)19-6-7-21-14-19/h12-13,19,21H,2-11,14-15H2,1H3/t19-/m0/s1. The molecule has 3 aliphatic rings. The zero-order valence-electron chi connectivity index (χ0n) is 15.0. The summed E-state index contributed by atoms with van der Waals surface area (Å²) < 4.78 is 5.96. The molecule has 0 spiro atoms. The first-order valence-corrected chi connectivity index (χ1v) is 9.78. The topological polar surface area (TPSA) is 27.7 Å². The van der Waals surface area contributed by atoms with Crippen LogP contribution in [0, 0.1) is 0 Å². The second kappa shape index (κ2) is 7.42. The predicted octanol–water partition coefficient (Wildman–Crippen LogP) is 2.05. The van der Waals surface area contributed by atoms with Crippen LogP contribution in [0.3, 0.4) is 0 Å². The number of piperazine rings is 1. The van der Waals surface area contributed by atoms with Crippen LogP contribution in [0.1, 0.15) is 36.5 Å². The van der Waals surface area contributed by atoms with Crippen molar-refractivity contribution in [1.29, 1.82) is 0 Å². The van der Waals surface area contributed by atoms with Crippen LogP contribution < -0.4 is 10.1 Å². The zero-order valence-corrected chi connectivity index (χ0v) is 15.0. The fraction of sp³-hybridized carbons (Fsp3) is 0.700. The fourth-order valence-electron chi connectivity index (χ4n) is 4.54. The van der Waals surface area contributed by atoms with Crippen molar-refractivity contribution in [1.82, 2.24) is 15.1 Å². The molecule has 24 heavy (non-hydrogen) atoms. The summed E-state index contributed by atoms with van der Waals surface area (Å²) in [6.07, 6.45) is 5.10. The maximum atomic E-state index is 5.96. The average Bonchev–Trinajstić information content (AvgIpc) is 3.27. The van der Waals surface area contributed by atoms with Gasteiger partial charge in [0.25, 0.3) is 0 Å². The molecule has 2 saturated heterocycles. The van der Waals surface area contributed by atoms with Gasteiger partial charge in [0.2, 0.25) is 0 Å². The summed E-state index contributed by atoms with van der Waals surface area (Å²) in [4.78, 5) is 5.29. The van der Waals surface area contributed by atoms with E-state index in [0.29, 0.717) is 0 Å². The summed E-state index contributed by atoms with van der Waals surface area (Å²) >= 11 is 0. The number of hydrogen-bond acceptors (Lipinski definition) is 4. The third kappa shape index (κ3) is 3.46. The summed E-state index contributed by atoms with van der Waals surface area (Å²) in [7, 11) is 0. The van der Waals surface area contributed by atoms with Crippen molar-refractivity contribution < 1.29 is 4.74 Å². The van der Waals surface area contributed by atoms with Gasteiger partial charge in [0.05, 0.1) is 6.61 Å². The van der Waals surface area contributed by atoms with Gasteiger partial charge in [0, 0.05) is 50.9 Å². The maximum Gasteiger partial charge on any atom is 0.124 e. The van der Waals surface area contributed by atoms with Crippen molar-refractivity contribution >= 4 is 0 Å². The predicted molar refractivity (Wildman–Crippen MR) is 97.8 cm³/mol. The first-order chi connectivity index (χ1) is 11.8. The Bertz CT molecular complexity index is 560. The number of rotatable bonds is 5. The molecule has 132 valence electrons. The van der Waals surface area contributed by atoms with Crippen molar-refractivity contribution in [3.8, 4) is 5.75 Å². The molecule has 0 aromatic heterocycles. The minimum atomic E-state index is 0.758. The van der Waals surface area contributed by atoms with Gasteiger partial charge in [-0.05, 0) is 56.3 Å². The highest BCUT2D eigenvalue weighted by molar-refractivity contribution is 5.44. The molecule has 1 atom stereocenters. The van der Waals surface area contributed by atoms with E-state index in [9.17, 15) is 0 Å². The first-order valence-electron chi connectivity index (χ1n) is 9.78. The van der Waals surface area contributed by atoms with Crippen molar-refractivity contribution in [2.45, 2.75) is 45.2 Å². The molecule has 0 radical (unpaired) electrons. The Hall–Kier alpha value is -1.10. The highest BCUT2D eigenvalue weighted by Crippen LogP contribution is 2.31. The Morgan fingerprint density at radius 1 is 1.12 bits per heavy atom. The molecule has 1 aromatic rings. The second-order valence-corrected chi connectivity index (χ2v) is 7.47. The van der Waals surface area contributed by atoms with Gasteiger partial charge in [-0.2, -0.15) is 0 Å². The first kappa shape index (κ1) is 16.4. The van der Waals surface area contributed by atoms with E-state index in [1.165, 1.54) is 76.1 Å². The van der Waals surface area contributed by atoms with E-state index >= 15 is 0 Å². The number of fused-ring (bicyclic) bond motifs is 1. The van der Waals surface area contributed by atoms with E-state index in [1.807, 2.05) is 0 Å². The van der Waals surface area contributed by atoms with Crippen LogP contribution in [0.2, 0.25) is 0 Å². The van der Waals surface area contributed by atoms with Crippen LogP contribution in [0.25, 0.3) is 0 Å². The summed E-state index contributed by atoms with van der Waals surface area (Å²) in [5.74, 6) is 1.13. The SMILES string of the molecule is CCOc1cc2c(cc1CN1CCN([C@H]3CCNC3)CC1)CCC2. The molecule has 4 rings (SSSR count). The second-order valence-electron chi connectivity index (χ2n) is 7.47. The lowest BCUT2D eigenvalue weighted by Gasteiger charge is -2.38. The van der Waals surface area contributed by atoms with Crippen LogP contribution in [0.5, 0.6) is 5.75 Å². The van der Waals surface area contributed by atoms with Gasteiger partial charge in [-0.1, -0.05) is 6.07 Å². The van der Waals surface area contributed by atoms with Gasteiger partial charge in [-0.3, -0.25) is 9.80 Å². The van der Waals surface area contributed by atoms with Crippen LogP contribution in [-0.4, -0.2) is 61.7 Å². The molecule has 2 aliphatic heterocycles. The number of aryl methyl sites for hydroxylation is 2. The highest BCUT2D eigenvalue weighted by atomic mass is 16.5. The lowest BCUT2D eigenvalue weighted by atomic mass is 10.0. The molecule has 1 N–H and O–H groups in total. The normalized spacial score (nSPS) is 25.1. The van der Waals surface area contributed by atoms with Crippen molar-refractivity contribution in [3.05, 3.63) is 28.8 Å². The third-order valence-corrected chi connectivity index (χ3v) is 5.93. The van der Waals surface area contributed by atoms with E-state index in [2.05, 4.69) is 34.2 Å². The Kier molecular flexibility index (Phi) is 5.06.